The summed E-state index contributed by atoms with van der Waals surface area (Å²) in [5, 5.41) is 6.42. The molecule has 0 aliphatic rings. The van der Waals surface area contributed by atoms with Crippen LogP contribution in [0.25, 0.3) is 27.1 Å². The molecule has 8 nitrogen and oxygen atoms in total. The Morgan fingerprint density at radius 1 is 0.914 bits per heavy atom. The van der Waals surface area contributed by atoms with Crippen LogP contribution in [0.4, 0.5) is 0 Å². The first-order valence-electron chi connectivity index (χ1n) is 11.3. The van der Waals surface area contributed by atoms with Crippen LogP contribution in [0.15, 0.2) is 54.6 Å². The molecule has 0 fully saturated rings. The zero-order valence-electron chi connectivity index (χ0n) is 19.6. The van der Waals surface area contributed by atoms with Crippen LogP contribution in [-0.4, -0.2) is 31.4 Å². The Labute approximate surface area is 206 Å². The van der Waals surface area contributed by atoms with Gasteiger partial charge < -0.3 is 0 Å². The lowest BCUT2D eigenvalue weighted by Gasteiger charge is -2.11. The van der Waals surface area contributed by atoms with Crippen molar-refractivity contribution >= 4 is 39.7 Å². The highest BCUT2D eigenvalue weighted by atomic mass is 32.1. The van der Waals surface area contributed by atoms with E-state index in [4.69, 9.17) is 4.98 Å². The van der Waals surface area contributed by atoms with Crippen LogP contribution in [0, 0.1) is 20.8 Å². The van der Waals surface area contributed by atoms with Gasteiger partial charge in [-0.15, -0.1) is 11.3 Å². The molecule has 2 N–H and O–H groups in total. The lowest BCUT2D eigenvalue weighted by molar-refractivity contribution is -0.121. The second-order valence-electron chi connectivity index (χ2n) is 8.32. The first kappa shape index (κ1) is 22.7. The number of thiazole rings is 1. The SMILES string of the molecule is Cc1nc(-c2ccccc2)sc1C(=O)NNC(=O)CCc1c(C)nc2c3ccccc3nn2c1C. The maximum absolute atomic E-state index is 12.7. The van der Waals surface area contributed by atoms with Crippen molar-refractivity contribution in [3.63, 3.8) is 0 Å². The highest BCUT2D eigenvalue weighted by Gasteiger charge is 2.18. The summed E-state index contributed by atoms with van der Waals surface area (Å²) in [4.78, 5) is 34.9. The van der Waals surface area contributed by atoms with Crippen LogP contribution in [0.3, 0.4) is 0 Å². The predicted octanol–water partition coefficient (Wildman–Crippen LogP) is 4.33. The van der Waals surface area contributed by atoms with E-state index in [1.54, 1.807) is 6.92 Å². The van der Waals surface area contributed by atoms with Crippen LogP contribution in [-0.2, 0) is 11.2 Å². The van der Waals surface area contributed by atoms with Crippen LogP contribution in [0.5, 0.6) is 0 Å². The minimum atomic E-state index is -0.380. The smallest absolute Gasteiger partial charge is 0.273 e. The number of hydrogen-bond donors (Lipinski definition) is 2. The summed E-state index contributed by atoms with van der Waals surface area (Å²) in [6, 6.07) is 17.6. The van der Waals surface area contributed by atoms with E-state index in [1.807, 2.05) is 73.0 Å². The molecule has 0 unspecified atom stereocenters. The fourth-order valence-electron chi connectivity index (χ4n) is 4.13. The van der Waals surface area contributed by atoms with Gasteiger partial charge in [0.15, 0.2) is 5.65 Å². The Balaban J connectivity index is 1.24. The number of aromatic nitrogens is 4. The average molecular weight is 485 g/mol. The van der Waals surface area contributed by atoms with Crippen molar-refractivity contribution < 1.29 is 9.59 Å². The molecule has 2 aromatic carbocycles. The Hall–Kier alpha value is -4.11. The first-order valence-corrected chi connectivity index (χ1v) is 12.1. The fourth-order valence-corrected chi connectivity index (χ4v) is 5.10. The molecule has 2 amide bonds. The lowest BCUT2D eigenvalue weighted by Crippen LogP contribution is -2.41. The number of benzene rings is 2. The van der Waals surface area contributed by atoms with Crippen molar-refractivity contribution in [1.29, 1.82) is 0 Å². The molecule has 0 aliphatic heterocycles. The number of nitrogens with zero attached hydrogens (tertiary/aromatic N) is 4. The van der Waals surface area contributed by atoms with Gasteiger partial charge in [0.2, 0.25) is 5.91 Å². The van der Waals surface area contributed by atoms with Gasteiger partial charge in [0.1, 0.15) is 9.88 Å². The van der Waals surface area contributed by atoms with E-state index in [2.05, 4.69) is 20.9 Å². The lowest BCUT2D eigenvalue weighted by atomic mass is 10.1. The summed E-state index contributed by atoms with van der Waals surface area (Å²) in [6.45, 7) is 5.72. The molecule has 3 heterocycles. The number of fused-ring (bicyclic) bond motifs is 3. The molecule has 3 aromatic heterocycles. The Morgan fingerprint density at radius 2 is 1.66 bits per heavy atom. The van der Waals surface area contributed by atoms with Crippen LogP contribution < -0.4 is 10.9 Å². The molecule has 0 spiro atoms. The maximum Gasteiger partial charge on any atom is 0.281 e. The fraction of sp³-hybridized carbons (Fsp3) is 0.192. The zero-order chi connectivity index (χ0) is 24.5. The Morgan fingerprint density at radius 3 is 2.46 bits per heavy atom. The largest absolute Gasteiger partial charge is 0.281 e. The third-order valence-corrected chi connectivity index (χ3v) is 7.16. The number of carbonyl (C=O) groups excluding carboxylic acids is 2. The van der Waals surface area contributed by atoms with E-state index < -0.39 is 0 Å². The molecule has 9 heteroatoms. The van der Waals surface area contributed by atoms with Gasteiger partial charge >= 0.3 is 0 Å². The zero-order valence-corrected chi connectivity index (χ0v) is 20.4. The third-order valence-electron chi connectivity index (χ3n) is 5.96. The summed E-state index contributed by atoms with van der Waals surface area (Å²) in [5.41, 5.74) is 11.1. The number of rotatable bonds is 5. The van der Waals surface area contributed by atoms with Gasteiger partial charge in [-0.2, -0.15) is 5.10 Å². The van der Waals surface area contributed by atoms with Crippen LogP contribution >= 0.6 is 11.3 Å². The van der Waals surface area contributed by atoms with Crippen LogP contribution in [0.2, 0.25) is 0 Å². The molecule has 0 aliphatic carbocycles. The van der Waals surface area contributed by atoms with Crippen LogP contribution in [0.1, 0.15) is 38.7 Å². The molecule has 0 radical (unpaired) electrons. The van der Waals surface area contributed by atoms with E-state index in [0.29, 0.717) is 17.0 Å². The number of hydrazine groups is 1. The van der Waals surface area contributed by atoms with Crippen molar-refractivity contribution in [1.82, 2.24) is 30.4 Å². The summed E-state index contributed by atoms with van der Waals surface area (Å²) >= 11 is 1.30. The number of carbonyl (C=O) groups is 2. The Kier molecular flexibility index (Phi) is 6.00. The monoisotopic (exact) mass is 484 g/mol. The second kappa shape index (κ2) is 9.27. The predicted molar refractivity (Wildman–Crippen MR) is 136 cm³/mol. The summed E-state index contributed by atoms with van der Waals surface area (Å²) in [5.74, 6) is -0.664. The molecule has 176 valence electrons. The highest BCUT2D eigenvalue weighted by molar-refractivity contribution is 7.17. The molecule has 5 aromatic rings. The maximum atomic E-state index is 12.7. The van der Waals surface area contributed by atoms with Crippen molar-refractivity contribution in [2.45, 2.75) is 33.6 Å². The standard InChI is InChI=1S/C26H24N6O2S/c1-15-19(17(3)32-24(27-15)20-11-7-8-12-21(20)31-32)13-14-22(33)29-30-25(34)23-16(2)28-26(35-23)18-9-5-4-6-10-18/h4-12H,13-14H2,1-3H3,(H,29,33)(H,30,34). The quantitative estimate of drug-likeness (QED) is 0.362. The number of amides is 2. The topological polar surface area (TPSA) is 101 Å². The minimum Gasteiger partial charge on any atom is -0.273 e. The summed E-state index contributed by atoms with van der Waals surface area (Å²) < 4.78 is 1.84. The molecule has 5 rings (SSSR count). The molecule has 0 saturated heterocycles. The van der Waals surface area contributed by atoms with Gasteiger partial charge in [-0.1, -0.05) is 42.5 Å². The van der Waals surface area contributed by atoms with Crippen molar-refractivity contribution in [2.75, 3.05) is 0 Å². The van der Waals surface area contributed by atoms with Gasteiger partial charge in [-0.25, -0.2) is 14.5 Å². The van der Waals surface area contributed by atoms with E-state index in [1.165, 1.54) is 11.3 Å². The van der Waals surface area contributed by atoms with Gasteiger partial charge in [-0.3, -0.25) is 20.4 Å². The average Bonchev–Trinajstić information content (AvgIpc) is 3.44. The van der Waals surface area contributed by atoms with Gasteiger partial charge in [0.25, 0.3) is 5.91 Å². The third kappa shape index (κ3) is 4.38. The van der Waals surface area contributed by atoms with E-state index >= 15 is 0 Å². The van der Waals surface area contributed by atoms with Crippen molar-refractivity contribution in [3.05, 3.63) is 82.1 Å². The van der Waals surface area contributed by atoms with E-state index in [-0.39, 0.29) is 18.2 Å². The molecular formula is C26H24N6O2S. The molecule has 0 bridgehead atoms. The van der Waals surface area contributed by atoms with E-state index in [0.717, 1.165) is 44.1 Å². The normalized spacial score (nSPS) is 11.2. The number of nitrogens with one attached hydrogen (secondary N) is 2. The molecule has 35 heavy (non-hydrogen) atoms. The summed E-state index contributed by atoms with van der Waals surface area (Å²) in [6.07, 6.45) is 0.684. The van der Waals surface area contributed by atoms with Crippen molar-refractivity contribution in [3.8, 4) is 10.6 Å². The van der Waals surface area contributed by atoms with Gasteiger partial charge in [0, 0.05) is 28.8 Å². The number of hydrogen-bond acceptors (Lipinski definition) is 6. The molecule has 0 atom stereocenters. The Bertz CT molecular complexity index is 1570. The highest BCUT2D eigenvalue weighted by Crippen LogP contribution is 2.27. The molecular weight excluding hydrogens is 460 g/mol. The van der Waals surface area contributed by atoms with E-state index in [9.17, 15) is 9.59 Å². The summed E-state index contributed by atoms with van der Waals surface area (Å²) in [7, 11) is 0. The second-order valence-corrected chi connectivity index (χ2v) is 9.31. The minimum absolute atomic E-state index is 0.201. The van der Waals surface area contributed by atoms with Crippen molar-refractivity contribution in [2.24, 2.45) is 0 Å². The van der Waals surface area contributed by atoms with Gasteiger partial charge in [-0.05, 0) is 44.9 Å². The first-order chi connectivity index (χ1) is 16.9. The molecule has 0 saturated carbocycles. The van der Waals surface area contributed by atoms with Gasteiger partial charge in [0.05, 0.1) is 11.2 Å². The number of aryl methyl sites for hydroxylation is 3.